The van der Waals surface area contributed by atoms with E-state index < -0.39 is 0 Å². The lowest BCUT2D eigenvalue weighted by Gasteiger charge is -2.26. The lowest BCUT2D eigenvalue weighted by molar-refractivity contribution is 0.0371. The van der Waals surface area contributed by atoms with Crippen LogP contribution in [0, 0.1) is 0 Å². The van der Waals surface area contributed by atoms with E-state index in [1.807, 2.05) is 0 Å². The van der Waals surface area contributed by atoms with Gasteiger partial charge in [0.1, 0.15) is 11.5 Å². The second-order valence-corrected chi connectivity index (χ2v) is 7.31. The maximum absolute atomic E-state index is 12.9. The van der Waals surface area contributed by atoms with E-state index in [4.69, 9.17) is 14.2 Å². The molecule has 1 aliphatic rings. The molecule has 3 rings (SSSR count). The monoisotopic (exact) mass is 411 g/mol. The Morgan fingerprint density at radius 2 is 1.63 bits per heavy atom. The highest BCUT2D eigenvalue weighted by molar-refractivity contribution is 6.11. The molecule has 0 saturated carbocycles. The van der Waals surface area contributed by atoms with Gasteiger partial charge in [-0.15, -0.1) is 0 Å². The molecule has 0 radical (unpaired) electrons. The highest BCUT2D eigenvalue weighted by Crippen LogP contribution is 2.26. The van der Waals surface area contributed by atoms with Crippen molar-refractivity contribution in [3.8, 4) is 11.5 Å². The molecule has 0 unspecified atom stereocenters. The van der Waals surface area contributed by atoms with Gasteiger partial charge in [-0.2, -0.15) is 0 Å². The first-order chi connectivity index (χ1) is 14.6. The number of hydrogen-bond acceptors (Lipinski definition) is 6. The predicted octanol–water partition coefficient (Wildman–Crippen LogP) is 3.62. The van der Waals surface area contributed by atoms with Crippen molar-refractivity contribution in [2.45, 2.75) is 19.3 Å². The minimum Gasteiger partial charge on any atom is -0.497 e. The van der Waals surface area contributed by atoms with Gasteiger partial charge in [-0.05, 0) is 37.6 Å². The number of ketones is 2. The molecule has 6 heteroatoms. The molecule has 1 aliphatic heterocycles. The Kier molecular flexibility index (Phi) is 7.99. The van der Waals surface area contributed by atoms with Crippen LogP contribution in [0.5, 0.6) is 11.5 Å². The van der Waals surface area contributed by atoms with Crippen molar-refractivity contribution in [3.05, 3.63) is 59.2 Å². The van der Waals surface area contributed by atoms with E-state index in [9.17, 15) is 9.59 Å². The van der Waals surface area contributed by atoms with Gasteiger partial charge >= 0.3 is 0 Å². The summed E-state index contributed by atoms with van der Waals surface area (Å²) < 4.78 is 15.9. The number of nitrogens with zero attached hydrogens (tertiary/aromatic N) is 1. The van der Waals surface area contributed by atoms with Gasteiger partial charge in [0.2, 0.25) is 0 Å². The van der Waals surface area contributed by atoms with Gasteiger partial charge in [0.15, 0.2) is 11.6 Å². The van der Waals surface area contributed by atoms with Crippen molar-refractivity contribution in [1.29, 1.82) is 0 Å². The standard InChI is InChI=1S/C24H29NO5/c1-28-20-10-11-23(29-2)21(17-20)24(27)19-8-6-18(7-9-19)22(26)5-3-4-12-25-13-15-30-16-14-25/h6-11,17H,3-5,12-16H2,1-2H3. The number of hydrogen-bond donors (Lipinski definition) is 0. The minimum absolute atomic E-state index is 0.106. The lowest BCUT2D eigenvalue weighted by Crippen LogP contribution is -2.36. The van der Waals surface area contributed by atoms with Gasteiger partial charge in [-0.3, -0.25) is 14.5 Å². The molecular weight excluding hydrogens is 382 g/mol. The van der Waals surface area contributed by atoms with Crippen molar-refractivity contribution in [2.24, 2.45) is 0 Å². The van der Waals surface area contributed by atoms with Crippen LogP contribution in [0.4, 0.5) is 0 Å². The molecule has 6 nitrogen and oxygen atoms in total. The average molecular weight is 411 g/mol. The Labute approximate surface area is 177 Å². The molecule has 0 atom stereocenters. The van der Waals surface area contributed by atoms with Crippen LogP contribution in [0.2, 0.25) is 0 Å². The number of Topliss-reactive ketones (excluding diaryl/α,β-unsaturated/α-hetero) is 1. The molecule has 160 valence electrons. The van der Waals surface area contributed by atoms with Crippen LogP contribution in [0.15, 0.2) is 42.5 Å². The molecule has 0 aliphatic carbocycles. The Morgan fingerprint density at radius 3 is 2.30 bits per heavy atom. The van der Waals surface area contributed by atoms with Crippen LogP contribution in [0.1, 0.15) is 45.5 Å². The zero-order valence-electron chi connectivity index (χ0n) is 17.7. The van der Waals surface area contributed by atoms with Crippen molar-refractivity contribution in [3.63, 3.8) is 0 Å². The topological polar surface area (TPSA) is 65.1 Å². The smallest absolute Gasteiger partial charge is 0.196 e. The van der Waals surface area contributed by atoms with Gasteiger partial charge in [-0.25, -0.2) is 0 Å². The second-order valence-electron chi connectivity index (χ2n) is 7.31. The molecule has 30 heavy (non-hydrogen) atoms. The number of carbonyl (C=O) groups excluding carboxylic acids is 2. The molecule has 1 fully saturated rings. The normalized spacial score (nSPS) is 14.3. The molecule has 0 aromatic heterocycles. The number of carbonyl (C=O) groups is 2. The third-order valence-corrected chi connectivity index (χ3v) is 5.35. The second kappa shape index (κ2) is 10.9. The minimum atomic E-state index is -0.171. The van der Waals surface area contributed by atoms with E-state index in [1.54, 1.807) is 49.6 Å². The summed E-state index contributed by atoms with van der Waals surface area (Å²) in [5, 5.41) is 0. The fraction of sp³-hybridized carbons (Fsp3) is 0.417. The number of methoxy groups -OCH3 is 2. The number of benzene rings is 2. The summed E-state index contributed by atoms with van der Waals surface area (Å²) in [6, 6.07) is 12.0. The van der Waals surface area contributed by atoms with E-state index in [2.05, 4.69) is 4.90 Å². The molecule has 2 aromatic carbocycles. The first-order valence-corrected chi connectivity index (χ1v) is 10.3. The van der Waals surface area contributed by atoms with Crippen LogP contribution in [0.3, 0.4) is 0 Å². The van der Waals surface area contributed by atoms with Gasteiger partial charge in [0.25, 0.3) is 0 Å². The van der Waals surface area contributed by atoms with Crippen LogP contribution in [-0.4, -0.2) is 63.5 Å². The summed E-state index contributed by atoms with van der Waals surface area (Å²) in [6.45, 7) is 4.55. The number of unbranched alkanes of at least 4 members (excludes halogenated alkanes) is 1. The van der Waals surface area contributed by atoms with Crippen LogP contribution < -0.4 is 9.47 Å². The first kappa shape index (κ1) is 22.0. The fourth-order valence-electron chi connectivity index (χ4n) is 3.54. The van der Waals surface area contributed by atoms with E-state index in [-0.39, 0.29) is 11.6 Å². The summed E-state index contributed by atoms with van der Waals surface area (Å²) in [7, 11) is 3.08. The summed E-state index contributed by atoms with van der Waals surface area (Å²) >= 11 is 0. The number of ether oxygens (including phenoxy) is 3. The zero-order chi connectivity index (χ0) is 21.3. The molecule has 2 aromatic rings. The summed E-state index contributed by atoms with van der Waals surface area (Å²) in [5.74, 6) is 1.01. The van der Waals surface area contributed by atoms with Gasteiger partial charge < -0.3 is 14.2 Å². The molecular formula is C24H29NO5. The summed E-state index contributed by atoms with van der Waals surface area (Å²) in [5.41, 5.74) is 1.57. The highest BCUT2D eigenvalue weighted by Gasteiger charge is 2.17. The first-order valence-electron chi connectivity index (χ1n) is 10.3. The highest BCUT2D eigenvalue weighted by atomic mass is 16.5. The number of morpholine rings is 1. The van der Waals surface area contributed by atoms with Crippen molar-refractivity contribution in [2.75, 3.05) is 47.1 Å². The lowest BCUT2D eigenvalue weighted by atomic mass is 9.98. The molecule has 0 spiro atoms. The average Bonchev–Trinajstić information content (AvgIpc) is 2.81. The van der Waals surface area contributed by atoms with Crippen molar-refractivity contribution >= 4 is 11.6 Å². The maximum Gasteiger partial charge on any atom is 0.196 e. The third-order valence-electron chi connectivity index (χ3n) is 5.35. The largest absolute Gasteiger partial charge is 0.497 e. The Hall–Kier alpha value is -2.70. The SMILES string of the molecule is COc1ccc(OC)c(C(=O)c2ccc(C(=O)CCCCN3CCOCC3)cc2)c1. The summed E-state index contributed by atoms with van der Waals surface area (Å²) in [4.78, 5) is 27.8. The van der Waals surface area contributed by atoms with Gasteiger partial charge in [-0.1, -0.05) is 24.3 Å². The summed E-state index contributed by atoms with van der Waals surface area (Å²) in [6.07, 6.45) is 2.37. The van der Waals surface area contributed by atoms with E-state index in [0.717, 1.165) is 45.7 Å². The fourth-order valence-corrected chi connectivity index (χ4v) is 3.54. The Balaban J connectivity index is 1.56. The quantitative estimate of drug-likeness (QED) is 0.440. The predicted molar refractivity (Wildman–Crippen MR) is 115 cm³/mol. The maximum atomic E-state index is 12.9. The molecule has 1 heterocycles. The molecule has 0 amide bonds. The third kappa shape index (κ3) is 5.68. The zero-order valence-corrected chi connectivity index (χ0v) is 17.7. The van der Waals surface area contributed by atoms with E-state index >= 15 is 0 Å². The van der Waals surface area contributed by atoms with E-state index in [0.29, 0.717) is 34.6 Å². The molecule has 1 saturated heterocycles. The molecule has 0 bridgehead atoms. The van der Waals surface area contributed by atoms with Crippen molar-refractivity contribution < 1.29 is 23.8 Å². The van der Waals surface area contributed by atoms with E-state index in [1.165, 1.54) is 7.11 Å². The molecule has 0 N–H and O–H groups in total. The van der Waals surface area contributed by atoms with Crippen LogP contribution in [-0.2, 0) is 4.74 Å². The van der Waals surface area contributed by atoms with Gasteiger partial charge in [0, 0.05) is 30.6 Å². The number of rotatable bonds is 10. The van der Waals surface area contributed by atoms with Crippen LogP contribution >= 0.6 is 0 Å². The van der Waals surface area contributed by atoms with Crippen LogP contribution in [0.25, 0.3) is 0 Å². The Bertz CT molecular complexity index is 856. The van der Waals surface area contributed by atoms with Crippen molar-refractivity contribution in [1.82, 2.24) is 4.90 Å². The van der Waals surface area contributed by atoms with Gasteiger partial charge in [0.05, 0.1) is 33.0 Å². The Morgan fingerprint density at radius 1 is 0.933 bits per heavy atom.